The van der Waals surface area contributed by atoms with Crippen LogP contribution in [0.15, 0.2) is 18.3 Å². The number of aromatic nitrogens is 2. The number of hydrogen-bond acceptors (Lipinski definition) is 6. The second-order valence-electron chi connectivity index (χ2n) is 7.96. The number of anilines is 3. The minimum absolute atomic E-state index is 0.00267. The van der Waals surface area contributed by atoms with Crippen LogP contribution >= 0.6 is 11.6 Å². The van der Waals surface area contributed by atoms with E-state index < -0.39 is 11.8 Å². The van der Waals surface area contributed by atoms with Crippen LogP contribution in [0.3, 0.4) is 0 Å². The zero-order valence-electron chi connectivity index (χ0n) is 20.4. The standard InChI is InChI=1S/C24H34ClFN6O2/c1-5-30(6-2)14-10-9-13-27-23-28-15-17-16-32(24(33)31(7-3)22(17)29-23)21-18(25)11-12-19(20(21)26)34-8-4/h11-12,15H,5-10,13-14,16H2,1-4H3,(H,27,28,29). The number of amides is 2. The molecule has 2 aromatic rings. The predicted octanol–water partition coefficient (Wildman–Crippen LogP) is 5.17. The average molecular weight is 493 g/mol. The quantitative estimate of drug-likeness (QED) is 0.412. The van der Waals surface area contributed by atoms with E-state index >= 15 is 4.39 Å². The number of hydrogen-bond donors (Lipinski definition) is 1. The maximum atomic E-state index is 15.2. The average Bonchev–Trinajstić information content (AvgIpc) is 2.84. The number of fused-ring (bicyclic) bond motifs is 1. The van der Waals surface area contributed by atoms with E-state index in [-0.39, 0.29) is 23.0 Å². The van der Waals surface area contributed by atoms with E-state index in [0.29, 0.717) is 30.5 Å². The van der Waals surface area contributed by atoms with Crippen LogP contribution in [-0.4, -0.2) is 60.2 Å². The zero-order chi connectivity index (χ0) is 24.7. The lowest BCUT2D eigenvalue weighted by molar-refractivity contribution is 0.249. The Morgan fingerprint density at radius 1 is 1.21 bits per heavy atom. The summed E-state index contributed by atoms with van der Waals surface area (Å²) in [5.74, 6) is 0.400. The van der Waals surface area contributed by atoms with Crippen LogP contribution in [0.2, 0.25) is 5.02 Å². The molecule has 0 saturated carbocycles. The molecule has 1 aromatic carbocycles. The molecule has 0 saturated heterocycles. The fourth-order valence-electron chi connectivity index (χ4n) is 4.00. The molecule has 0 radical (unpaired) electrons. The van der Waals surface area contributed by atoms with Gasteiger partial charge >= 0.3 is 6.03 Å². The summed E-state index contributed by atoms with van der Waals surface area (Å²) in [5, 5.41) is 3.39. The summed E-state index contributed by atoms with van der Waals surface area (Å²) in [6, 6.07) is 2.61. The van der Waals surface area contributed by atoms with Crippen molar-refractivity contribution in [1.82, 2.24) is 14.9 Å². The highest BCUT2D eigenvalue weighted by Gasteiger charge is 2.35. The molecule has 34 heavy (non-hydrogen) atoms. The van der Waals surface area contributed by atoms with Gasteiger partial charge in [0.25, 0.3) is 0 Å². The number of nitrogens with zero attached hydrogens (tertiary/aromatic N) is 5. The van der Waals surface area contributed by atoms with Crippen LogP contribution in [0, 0.1) is 5.82 Å². The van der Waals surface area contributed by atoms with Gasteiger partial charge in [-0.15, -0.1) is 0 Å². The highest BCUT2D eigenvalue weighted by Crippen LogP contribution is 2.39. The molecule has 1 aromatic heterocycles. The summed E-state index contributed by atoms with van der Waals surface area (Å²) in [6.45, 7) is 12.7. The van der Waals surface area contributed by atoms with Gasteiger partial charge in [-0.1, -0.05) is 25.4 Å². The van der Waals surface area contributed by atoms with Crippen molar-refractivity contribution >= 4 is 35.1 Å². The van der Waals surface area contributed by atoms with Gasteiger partial charge in [0, 0.05) is 24.8 Å². The molecule has 8 nitrogen and oxygen atoms in total. The van der Waals surface area contributed by atoms with E-state index in [1.54, 1.807) is 13.1 Å². The van der Waals surface area contributed by atoms with Gasteiger partial charge in [-0.3, -0.25) is 9.80 Å². The van der Waals surface area contributed by atoms with Gasteiger partial charge in [-0.25, -0.2) is 14.2 Å². The van der Waals surface area contributed by atoms with E-state index in [2.05, 4.69) is 34.0 Å². The Hall–Kier alpha value is -2.65. The lowest BCUT2D eigenvalue weighted by atomic mass is 10.1. The first-order valence-corrected chi connectivity index (χ1v) is 12.3. The molecule has 0 spiro atoms. The molecule has 0 fully saturated rings. The summed E-state index contributed by atoms with van der Waals surface area (Å²) in [6.07, 6.45) is 3.76. The van der Waals surface area contributed by atoms with Crippen molar-refractivity contribution in [2.24, 2.45) is 0 Å². The number of urea groups is 1. The van der Waals surface area contributed by atoms with E-state index in [0.717, 1.165) is 39.0 Å². The number of halogens is 2. The molecule has 3 rings (SSSR count). The summed E-state index contributed by atoms with van der Waals surface area (Å²) in [4.78, 5) is 27.6. The largest absolute Gasteiger partial charge is 0.491 e. The minimum atomic E-state index is -0.661. The Balaban J connectivity index is 1.76. The molecule has 0 atom stereocenters. The Kier molecular flexibility index (Phi) is 9.29. The zero-order valence-corrected chi connectivity index (χ0v) is 21.2. The van der Waals surface area contributed by atoms with Crippen molar-refractivity contribution in [3.05, 3.63) is 34.7 Å². The lowest BCUT2D eigenvalue weighted by Gasteiger charge is -2.36. The third-order valence-corrected chi connectivity index (χ3v) is 6.19. The molecule has 1 aliphatic rings. The van der Waals surface area contributed by atoms with Crippen LogP contribution in [0.25, 0.3) is 0 Å². The Bertz CT molecular complexity index is 988. The highest BCUT2D eigenvalue weighted by atomic mass is 35.5. The molecule has 0 unspecified atom stereocenters. The first-order chi connectivity index (χ1) is 16.4. The predicted molar refractivity (Wildman–Crippen MR) is 135 cm³/mol. The van der Waals surface area contributed by atoms with Gasteiger partial charge in [-0.05, 0) is 58.5 Å². The topological polar surface area (TPSA) is 73.8 Å². The molecule has 1 aliphatic heterocycles. The first kappa shape index (κ1) is 26.0. The van der Waals surface area contributed by atoms with E-state index in [1.807, 2.05) is 6.92 Å². The molecule has 2 heterocycles. The van der Waals surface area contributed by atoms with Crippen LogP contribution in [0.1, 0.15) is 46.1 Å². The van der Waals surface area contributed by atoms with Gasteiger partial charge in [0.2, 0.25) is 5.95 Å². The summed E-state index contributed by atoms with van der Waals surface area (Å²) >= 11 is 6.31. The van der Waals surface area contributed by atoms with Crippen LogP contribution in [0.4, 0.5) is 26.6 Å². The molecule has 1 N–H and O–H groups in total. The van der Waals surface area contributed by atoms with Crippen molar-refractivity contribution in [1.29, 1.82) is 0 Å². The van der Waals surface area contributed by atoms with E-state index in [4.69, 9.17) is 16.3 Å². The van der Waals surface area contributed by atoms with Gasteiger partial charge in [0.05, 0.1) is 18.2 Å². The monoisotopic (exact) mass is 492 g/mol. The molecular weight excluding hydrogens is 459 g/mol. The number of nitrogens with one attached hydrogen (secondary N) is 1. The van der Waals surface area contributed by atoms with Crippen molar-refractivity contribution < 1.29 is 13.9 Å². The van der Waals surface area contributed by atoms with Crippen LogP contribution in [0.5, 0.6) is 5.75 Å². The second-order valence-corrected chi connectivity index (χ2v) is 8.36. The minimum Gasteiger partial charge on any atom is -0.491 e. The Labute approximate surface area is 206 Å². The first-order valence-electron chi connectivity index (χ1n) is 12.0. The maximum absolute atomic E-state index is 15.2. The van der Waals surface area contributed by atoms with Crippen molar-refractivity contribution in [3.63, 3.8) is 0 Å². The number of carbonyl (C=O) groups is 1. The van der Waals surface area contributed by atoms with Crippen molar-refractivity contribution in [2.45, 2.75) is 47.1 Å². The lowest BCUT2D eigenvalue weighted by Crippen LogP contribution is -2.48. The number of ether oxygens (including phenoxy) is 1. The second kappa shape index (κ2) is 12.2. The fourth-order valence-corrected chi connectivity index (χ4v) is 4.25. The van der Waals surface area contributed by atoms with E-state index in [1.165, 1.54) is 21.9 Å². The number of benzene rings is 1. The summed E-state index contributed by atoms with van der Waals surface area (Å²) in [5.41, 5.74) is 0.711. The summed E-state index contributed by atoms with van der Waals surface area (Å²) in [7, 11) is 0. The van der Waals surface area contributed by atoms with Gasteiger partial charge in [0.15, 0.2) is 11.6 Å². The van der Waals surface area contributed by atoms with Gasteiger partial charge in [-0.2, -0.15) is 4.98 Å². The normalized spacial score (nSPS) is 13.4. The maximum Gasteiger partial charge on any atom is 0.330 e. The van der Waals surface area contributed by atoms with Crippen molar-refractivity contribution in [2.75, 3.05) is 54.4 Å². The molecule has 2 amide bonds. The highest BCUT2D eigenvalue weighted by molar-refractivity contribution is 6.34. The third-order valence-electron chi connectivity index (χ3n) is 5.88. The Morgan fingerprint density at radius 2 is 1.97 bits per heavy atom. The number of carbonyl (C=O) groups excluding carboxylic acids is 1. The SMILES string of the molecule is CCOc1ccc(Cl)c(N2Cc3cnc(NCCCCN(CC)CC)nc3N(CC)C2=O)c1F. The molecule has 0 bridgehead atoms. The van der Waals surface area contributed by atoms with Crippen LogP contribution in [-0.2, 0) is 6.54 Å². The molecule has 0 aliphatic carbocycles. The Morgan fingerprint density at radius 3 is 2.65 bits per heavy atom. The van der Waals surface area contributed by atoms with Crippen LogP contribution < -0.4 is 19.9 Å². The molecule has 10 heteroatoms. The van der Waals surface area contributed by atoms with Crippen molar-refractivity contribution in [3.8, 4) is 5.75 Å². The number of unbranched alkanes of at least 4 members (excludes halogenated alkanes) is 1. The third kappa shape index (κ3) is 5.70. The molecule has 186 valence electrons. The van der Waals surface area contributed by atoms with Gasteiger partial charge in [0.1, 0.15) is 11.5 Å². The molecular formula is C24H34ClFN6O2. The van der Waals surface area contributed by atoms with E-state index in [9.17, 15) is 4.79 Å². The fraction of sp³-hybridized carbons (Fsp3) is 0.542. The smallest absolute Gasteiger partial charge is 0.330 e. The van der Waals surface area contributed by atoms with Gasteiger partial charge < -0.3 is 15.0 Å². The number of rotatable bonds is 12. The summed E-state index contributed by atoms with van der Waals surface area (Å²) < 4.78 is 20.5.